The van der Waals surface area contributed by atoms with E-state index in [2.05, 4.69) is 4.74 Å². The van der Waals surface area contributed by atoms with Gasteiger partial charge in [0.15, 0.2) is 6.29 Å². The summed E-state index contributed by atoms with van der Waals surface area (Å²) in [6.45, 7) is 1.70. The number of ether oxygens (including phenoxy) is 2. The Morgan fingerprint density at radius 2 is 2.06 bits per heavy atom. The summed E-state index contributed by atoms with van der Waals surface area (Å²) in [6.07, 6.45) is 0.685. The second-order valence-electron chi connectivity index (χ2n) is 3.72. The Labute approximate surface area is 103 Å². The highest BCUT2D eigenvalue weighted by Crippen LogP contribution is 2.33. The van der Waals surface area contributed by atoms with E-state index in [-0.39, 0.29) is 5.76 Å². The van der Waals surface area contributed by atoms with Gasteiger partial charge in [0.25, 0.3) is 0 Å². The first-order valence-corrected chi connectivity index (χ1v) is 5.27. The van der Waals surface area contributed by atoms with Crippen molar-refractivity contribution in [2.75, 3.05) is 14.2 Å². The minimum Gasteiger partial charge on any atom is -0.496 e. The summed E-state index contributed by atoms with van der Waals surface area (Å²) >= 11 is 0. The number of aldehydes is 1. The number of fused-ring (bicyclic) bond motifs is 1. The number of furan rings is 1. The molecule has 0 aliphatic carbocycles. The van der Waals surface area contributed by atoms with Crippen LogP contribution in [0.2, 0.25) is 0 Å². The molecule has 0 aliphatic rings. The zero-order chi connectivity index (χ0) is 13.3. The van der Waals surface area contributed by atoms with Gasteiger partial charge in [0.2, 0.25) is 5.76 Å². The Morgan fingerprint density at radius 3 is 2.61 bits per heavy atom. The maximum atomic E-state index is 11.5. The molecule has 0 saturated heterocycles. The fourth-order valence-electron chi connectivity index (χ4n) is 1.93. The Hall–Kier alpha value is -2.30. The highest BCUT2D eigenvalue weighted by Gasteiger charge is 2.21. The summed E-state index contributed by atoms with van der Waals surface area (Å²) in [5.41, 5.74) is 1.39. The zero-order valence-corrected chi connectivity index (χ0v) is 10.3. The highest BCUT2D eigenvalue weighted by molar-refractivity contribution is 6.04. The molecule has 0 fully saturated rings. The van der Waals surface area contributed by atoms with Crippen molar-refractivity contribution in [3.05, 3.63) is 29.0 Å². The van der Waals surface area contributed by atoms with Crippen molar-refractivity contribution in [2.45, 2.75) is 6.92 Å². The van der Waals surface area contributed by atoms with E-state index in [1.54, 1.807) is 19.1 Å². The summed E-state index contributed by atoms with van der Waals surface area (Å²) in [5, 5.41) is 0.574. The lowest BCUT2D eigenvalue weighted by Crippen LogP contribution is -2.01. The van der Waals surface area contributed by atoms with Crippen molar-refractivity contribution < 1.29 is 23.5 Å². The number of aryl methyl sites for hydroxylation is 1. The zero-order valence-electron chi connectivity index (χ0n) is 10.3. The summed E-state index contributed by atoms with van der Waals surface area (Å²) < 4.78 is 15.1. The molecule has 2 rings (SSSR count). The van der Waals surface area contributed by atoms with Crippen molar-refractivity contribution in [1.29, 1.82) is 0 Å². The number of esters is 1. The van der Waals surface area contributed by atoms with Crippen LogP contribution in [-0.4, -0.2) is 26.5 Å². The average Bonchev–Trinajstić information content (AvgIpc) is 2.74. The molecule has 0 spiro atoms. The van der Waals surface area contributed by atoms with Crippen molar-refractivity contribution >= 4 is 23.2 Å². The lowest BCUT2D eigenvalue weighted by Gasteiger charge is -2.03. The number of hydrogen-bond acceptors (Lipinski definition) is 5. The van der Waals surface area contributed by atoms with E-state index in [4.69, 9.17) is 9.15 Å². The van der Waals surface area contributed by atoms with E-state index < -0.39 is 5.97 Å². The second-order valence-corrected chi connectivity index (χ2v) is 3.72. The van der Waals surface area contributed by atoms with Crippen LogP contribution in [0, 0.1) is 6.92 Å². The Kier molecular flexibility index (Phi) is 3.06. The topological polar surface area (TPSA) is 65.7 Å². The van der Waals surface area contributed by atoms with E-state index >= 15 is 0 Å². The fourth-order valence-corrected chi connectivity index (χ4v) is 1.93. The molecule has 0 radical (unpaired) electrons. The Morgan fingerprint density at radius 1 is 1.33 bits per heavy atom. The predicted octanol–water partition coefficient (Wildman–Crippen LogP) is 2.35. The van der Waals surface area contributed by atoms with E-state index in [1.165, 1.54) is 14.2 Å². The maximum absolute atomic E-state index is 11.5. The molecular formula is C13H12O5. The molecule has 0 N–H and O–H groups in total. The van der Waals surface area contributed by atoms with Crippen LogP contribution in [0.4, 0.5) is 0 Å². The quantitative estimate of drug-likeness (QED) is 0.616. The second kappa shape index (κ2) is 4.52. The van der Waals surface area contributed by atoms with Gasteiger partial charge in [-0.05, 0) is 19.1 Å². The van der Waals surface area contributed by atoms with Gasteiger partial charge in [-0.1, -0.05) is 0 Å². The first-order valence-electron chi connectivity index (χ1n) is 5.27. The van der Waals surface area contributed by atoms with Gasteiger partial charge in [-0.2, -0.15) is 0 Å². The van der Waals surface area contributed by atoms with E-state index in [1.807, 2.05) is 0 Å². The van der Waals surface area contributed by atoms with Crippen molar-refractivity contribution in [1.82, 2.24) is 0 Å². The van der Waals surface area contributed by atoms with Crippen molar-refractivity contribution in [2.24, 2.45) is 0 Å². The number of rotatable bonds is 3. The number of methoxy groups -OCH3 is 2. The van der Waals surface area contributed by atoms with Gasteiger partial charge >= 0.3 is 5.97 Å². The van der Waals surface area contributed by atoms with Gasteiger partial charge in [-0.25, -0.2) is 4.79 Å². The molecule has 0 bridgehead atoms. The third-order valence-corrected chi connectivity index (χ3v) is 2.80. The van der Waals surface area contributed by atoms with Crippen LogP contribution in [0.15, 0.2) is 16.5 Å². The van der Waals surface area contributed by atoms with Crippen LogP contribution in [-0.2, 0) is 4.74 Å². The number of benzene rings is 1. The third kappa shape index (κ3) is 1.64. The van der Waals surface area contributed by atoms with Gasteiger partial charge in [0.05, 0.1) is 19.8 Å². The van der Waals surface area contributed by atoms with Crippen LogP contribution in [0.25, 0.3) is 11.0 Å². The van der Waals surface area contributed by atoms with Gasteiger partial charge in [0, 0.05) is 10.9 Å². The van der Waals surface area contributed by atoms with E-state index in [0.29, 0.717) is 34.1 Å². The van der Waals surface area contributed by atoms with Crippen LogP contribution in [0.5, 0.6) is 5.75 Å². The molecule has 1 heterocycles. The predicted molar refractivity (Wildman–Crippen MR) is 64.2 cm³/mol. The molecule has 94 valence electrons. The normalized spacial score (nSPS) is 10.4. The van der Waals surface area contributed by atoms with E-state index in [9.17, 15) is 9.59 Å². The van der Waals surface area contributed by atoms with Crippen LogP contribution >= 0.6 is 0 Å². The first-order chi connectivity index (χ1) is 8.63. The molecule has 0 saturated carbocycles. The van der Waals surface area contributed by atoms with Gasteiger partial charge in [-0.15, -0.1) is 0 Å². The summed E-state index contributed by atoms with van der Waals surface area (Å²) in [7, 11) is 2.75. The summed E-state index contributed by atoms with van der Waals surface area (Å²) in [4.78, 5) is 22.7. The molecule has 2 aromatic rings. The smallest absolute Gasteiger partial charge is 0.374 e. The molecule has 5 heteroatoms. The minimum atomic E-state index is -0.570. The van der Waals surface area contributed by atoms with E-state index in [0.717, 1.165) is 0 Å². The van der Waals surface area contributed by atoms with Crippen LogP contribution < -0.4 is 4.74 Å². The Balaban J connectivity index is 2.81. The first kappa shape index (κ1) is 12.2. The monoisotopic (exact) mass is 248 g/mol. The van der Waals surface area contributed by atoms with Crippen molar-refractivity contribution in [3.63, 3.8) is 0 Å². The van der Waals surface area contributed by atoms with Gasteiger partial charge in [0.1, 0.15) is 11.3 Å². The molecule has 1 aromatic heterocycles. The number of carbonyl (C=O) groups excluding carboxylic acids is 2. The number of hydrogen-bond donors (Lipinski definition) is 0. The maximum Gasteiger partial charge on any atom is 0.374 e. The largest absolute Gasteiger partial charge is 0.496 e. The SMILES string of the molecule is COC(=O)c1oc2ccc(OC)c(C=O)c2c1C. The van der Waals surface area contributed by atoms with Crippen molar-refractivity contribution in [3.8, 4) is 5.75 Å². The minimum absolute atomic E-state index is 0.101. The molecular weight excluding hydrogens is 236 g/mol. The molecule has 0 aliphatic heterocycles. The highest BCUT2D eigenvalue weighted by atomic mass is 16.5. The summed E-state index contributed by atoms with van der Waals surface area (Å²) in [5.74, 6) is -0.0267. The fraction of sp³-hybridized carbons (Fsp3) is 0.231. The molecule has 18 heavy (non-hydrogen) atoms. The molecule has 0 unspecified atom stereocenters. The third-order valence-electron chi connectivity index (χ3n) is 2.80. The standard InChI is InChI=1S/C13H12O5/c1-7-11-8(6-14)9(16-2)4-5-10(11)18-12(7)13(15)17-3/h4-6H,1-3H3. The molecule has 0 amide bonds. The summed E-state index contributed by atoms with van der Waals surface area (Å²) in [6, 6.07) is 3.27. The van der Waals surface area contributed by atoms with Gasteiger partial charge < -0.3 is 13.9 Å². The lowest BCUT2D eigenvalue weighted by atomic mass is 10.1. The Bertz CT molecular complexity index is 624. The van der Waals surface area contributed by atoms with Gasteiger partial charge in [-0.3, -0.25) is 4.79 Å². The van der Waals surface area contributed by atoms with Crippen LogP contribution in [0.3, 0.4) is 0 Å². The molecule has 5 nitrogen and oxygen atoms in total. The molecule has 0 atom stereocenters. The molecule has 1 aromatic carbocycles. The van der Waals surface area contributed by atoms with Crippen LogP contribution in [0.1, 0.15) is 26.5 Å². The number of carbonyl (C=O) groups is 2. The average molecular weight is 248 g/mol. The lowest BCUT2D eigenvalue weighted by molar-refractivity contribution is 0.0566.